The number of hydroxylamine groups is 2. The van der Waals surface area contributed by atoms with Crippen LogP contribution in [0, 0.1) is 0 Å². The molecule has 1 aliphatic heterocycles. The lowest BCUT2D eigenvalue weighted by Gasteiger charge is -2.02. The quantitative estimate of drug-likeness (QED) is 0.423. The first-order chi connectivity index (χ1) is 7.17. The van der Waals surface area contributed by atoms with Gasteiger partial charge < -0.3 is 0 Å². The van der Waals surface area contributed by atoms with E-state index in [4.69, 9.17) is 4.84 Å². The van der Waals surface area contributed by atoms with E-state index in [1.165, 1.54) is 51.4 Å². The van der Waals surface area contributed by atoms with Crippen LogP contribution in [0.1, 0.15) is 72.1 Å². The first-order valence-corrected chi connectivity index (χ1v) is 6.63. The number of nitrogens with zero attached hydrogens (tertiary/aromatic N) is 1. The van der Waals surface area contributed by atoms with Crippen LogP contribution in [0.4, 0.5) is 0 Å². The fourth-order valence-corrected chi connectivity index (χ4v) is 1.95. The van der Waals surface area contributed by atoms with E-state index in [9.17, 15) is 0 Å². The van der Waals surface area contributed by atoms with Crippen LogP contribution >= 0.6 is 0 Å². The van der Waals surface area contributed by atoms with Crippen molar-refractivity contribution in [2.75, 3.05) is 6.54 Å². The standard InChI is InChI=1S/C13H27NO/c1-4-5-6-7-8-9-10-11-12-14-13(2,3)15-14/h4-12H2,1-3H3. The molecule has 0 aromatic carbocycles. The smallest absolute Gasteiger partial charge is 0.159 e. The largest absolute Gasteiger partial charge is 0.272 e. The molecule has 2 nitrogen and oxygen atoms in total. The van der Waals surface area contributed by atoms with Gasteiger partial charge in [-0.3, -0.25) is 4.84 Å². The van der Waals surface area contributed by atoms with Crippen molar-refractivity contribution in [1.29, 1.82) is 0 Å². The van der Waals surface area contributed by atoms with Crippen molar-refractivity contribution < 1.29 is 4.84 Å². The molecule has 0 aromatic heterocycles. The third-order valence-electron chi connectivity index (χ3n) is 3.12. The highest BCUT2D eigenvalue weighted by atomic mass is 16.9. The van der Waals surface area contributed by atoms with E-state index in [1.54, 1.807) is 0 Å². The Bertz CT molecular complexity index is 168. The number of hydrogen-bond acceptors (Lipinski definition) is 2. The van der Waals surface area contributed by atoms with Crippen LogP contribution in [0.3, 0.4) is 0 Å². The van der Waals surface area contributed by atoms with Crippen LogP contribution in [0.2, 0.25) is 0 Å². The molecule has 1 fully saturated rings. The Morgan fingerprint density at radius 2 is 1.33 bits per heavy atom. The molecule has 0 bridgehead atoms. The third kappa shape index (κ3) is 5.53. The highest BCUT2D eigenvalue weighted by molar-refractivity contribution is 4.75. The molecule has 90 valence electrons. The van der Waals surface area contributed by atoms with Crippen molar-refractivity contribution in [2.24, 2.45) is 0 Å². The van der Waals surface area contributed by atoms with Crippen LogP contribution in [-0.4, -0.2) is 17.3 Å². The molecule has 0 spiro atoms. The van der Waals surface area contributed by atoms with Crippen LogP contribution in [0.15, 0.2) is 0 Å². The molecule has 1 saturated heterocycles. The summed E-state index contributed by atoms with van der Waals surface area (Å²) < 4.78 is 0. The normalized spacial score (nSPS) is 23.0. The molecule has 2 heteroatoms. The van der Waals surface area contributed by atoms with Gasteiger partial charge >= 0.3 is 0 Å². The van der Waals surface area contributed by atoms with E-state index in [2.05, 4.69) is 25.8 Å². The van der Waals surface area contributed by atoms with Gasteiger partial charge in [-0.05, 0) is 20.3 Å². The zero-order valence-corrected chi connectivity index (χ0v) is 10.7. The summed E-state index contributed by atoms with van der Waals surface area (Å²) >= 11 is 0. The van der Waals surface area contributed by atoms with Crippen molar-refractivity contribution in [3.63, 3.8) is 0 Å². The van der Waals surface area contributed by atoms with Crippen LogP contribution in [0.5, 0.6) is 0 Å². The maximum absolute atomic E-state index is 5.40. The lowest BCUT2D eigenvalue weighted by Crippen LogP contribution is -2.10. The highest BCUT2D eigenvalue weighted by Gasteiger charge is 2.44. The predicted molar refractivity (Wildman–Crippen MR) is 64.5 cm³/mol. The molecule has 0 aromatic rings. The SMILES string of the molecule is CCCCCCCCCCN1OC1(C)C. The Hall–Kier alpha value is -0.0800. The zero-order valence-electron chi connectivity index (χ0n) is 10.7. The van der Waals surface area contributed by atoms with Gasteiger partial charge in [0.05, 0.1) is 0 Å². The Morgan fingerprint density at radius 3 is 1.80 bits per heavy atom. The molecule has 1 heterocycles. The summed E-state index contributed by atoms with van der Waals surface area (Å²) in [7, 11) is 0. The summed E-state index contributed by atoms with van der Waals surface area (Å²) in [6.45, 7) is 7.63. The van der Waals surface area contributed by atoms with Gasteiger partial charge in [0, 0.05) is 6.54 Å². The van der Waals surface area contributed by atoms with Gasteiger partial charge in [-0.25, -0.2) is 0 Å². The molecule has 0 N–H and O–H groups in total. The summed E-state index contributed by atoms with van der Waals surface area (Å²) in [4.78, 5) is 5.40. The molecule has 0 radical (unpaired) electrons. The summed E-state index contributed by atoms with van der Waals surface area (Å²) in [5, 5.41) is 2.09. The minimum Gasteiger partial charge on any atom is -0.272 e. The van der Waals surface area contributed by atoms with Crippen LogP contribution in [0.25, 0.3) is 0 Å². The molecule has 0 aliphatic carbocycles. The van der Waals surface area contributed by atoms with Gasteiger partial charge in [0.2, 0.25) is 0 Å². The Labute approximate surface area is 94.9 Å². The topological polar surface area (TPSA) is 15.5 Å². The monoisotopic (exact) mass is 213 g/mol. The summed E-state index contributed by atoms with van der Waals surface area (Å²) in [6, 6.07) is 0. The van der Waals surface area contributed by atoms with Crippen molar-refractivity contribution >= 4 is 0 Å². The zero-order chi connectivity index (χ0) is 11.1. The second-order valence-corrected chi connectivity index (χ2v) is 5.12. The maximum atomic E-state index is 5.40. The summed E-state index contributed by atoms with van der Waals surface area (Å²) in [5.74, 6) is 0. The van der Waals surface area contributed by atoms with E-state index in [1.807, 2.05) is 0 Å². The van der Waals surface area contributed by atoms with Gasteiger partial charge in [0.1, 0.15) is 0 Å². The fraction of sp³-hybridized carbons (Fsp3) is 1.00. The Morgan fingerprint density at radius 1 is 0.867 bits per heavy atom. The molecular weight excluding hydrogens is 186 g/mol. The van der Waals surface area contributed by atoms with E-state index in [-0.39, 0.29) is 5.72 Å². The lowest BCUT2D eigenvalue weighted by atomic mass is 10.1. The first kappa shape index (κ1) is 13.0. The molecule has 1 unspecified atom stereocenters. The van der Waals surface area contributed by atoms with Gasteiger partial charge in [0.15, 0.2) is 5.72 Å². The fourth-order valence-electron chi connectivity index (χ4n) is 1.95. The van der Waals surface area contributed by atoms with Gasteiger partial charge in [-0.1, -0.05) is 51.9 Å². The second-order valence-electron chi connectivity index (χ2n) is 5.12. The van der Waals surface area contributed by atoms with Crippen molar-refractivity contribution in [1.82, 2.24) is 5.06 Å². The molecule has 1 atom stereocenters. The molecule has 0 amide bonds. The predicted octanol–water partition coefficient (Wildman–Crippen LogP) is 4.11. The number of unbranched alkanes of at least 4 members (excludes halogenated alkanes) is 7. The van der Waals surface area contributed by atoms with E-state index < -0.39 is 0 Å². The molecular formula is C13H27NO. The molecule has 15 heavy (non-hydrogen) atoms. The molecule has 0 saturated carbocycles. The van der Waals surface area contributed by atoms with Crippen molar-refractivity contribution in [2.45, 2.75) is 77.9 Å². The van der Waals surface area contributed by atoms with Gasteiger partial charge in [-0.2, -0.15) is 5.06 Å². The van der Waals surface area contributed by atoms with Gasteiger partial charge in [-0.15, -0.1) is 0 Å². The highest BCUT2D eigenvalue weighted by Crippen LogP contribution is 2.33. The average Bonchev–Trinajstić information content (AvgIpc) is 2.79. The van der Waals surface area contributed by atoms with Crippen molar-refractivity contribution in [3.8, 4) is 0 Å². The maximum Gasteiger partial charge on any atom is 0.159 e. The Kier molecular flexibility index (Phi) is 5.62. The molecule has 1 rings (SSSR count). The minimum atomic E-state index is 0.0428. The van der Waals surface area contributed by atoms with E-state index in [0.717, 1.165) is 6.54 Å². The van der Waals surface area contributed by atoms with Crippen LogP contribution in [-0.2, 0) is 4.84 Å². The van der Waals surface area contributed by atoms with Gasteiger partial charge in [0.25, 0.3) is 0 Å². The lowest BCUT2D eigenvalue weighted by molar-refractivity contribution is 0.192. The minimum absolute atomic E-state index is 0.0428. The van der Waals surface area contributed by atoms with Crippen LogP contribution < -0.4 is 0 Å². The summed E-state index contributed by atoms with van der Waals surface area (Å²) in [6.07, 6.45) is 11.1. The van der Waals surface area contributed by atoms with E-state index >= 15 is 0 Å². The number of rotatable bonds is 9. The third-order valence-corrected chi connectivity index (χ3v) is 3.12. The number of hydrogen-bond donors (Lipinski definition) is 0. The average molecular weight is 213 g/mol. The van der Waals surface area contributed by atoms with Crippen molar-refractivity contribution in [3.05, 3.63) is 0 Å². The Balaban J connectivity index is 1.74. The van der Waals surface area contributed by atoms with E-state index in [0.29, 0.717) is 0 Å². The summed E-state index contributed by atoms with van der Waals surface area (Å²) in [5.41, 5.74) is 0.0428. The molecule has 1 aliphatic rings. The second kappa shape index (κ2) is 6.49. The first-order valence-electron chi connectivity index (χ1n) is 6.63.